The van der Waals surface area contributed by atoms with Gasteiger partial charge in [-0.2, -0.15) is 4.68 Å². The van der Waals surface area contributed by atoms with Gasteiger partial charge in [0, 0.05) is 6.54 Å². The second kappa shape index (κ2) is 8.32. The number of nitrogens with one attached hydrogen (secondary N) is 1. The number of aliphatic hydroxyl groups is 1. The highest BCUT2D eigenvalue weighted by Gasteiger charge is 2.20. The van der Waals surface area contributed by atoms with Crippen LogP contribution in [-0.4, -0.2) is 62.5 Å². The van der Waals surface area contributed by atoms with E-state index in [1.807, 2.05) is 37.3 Å². The number of tetrazole rings is 1. The van der Waals surface area contributed by atoms with Crippen molar-refractivity contribution in [1.82, 2.24) is 30.4 Å². The molecule has 1 aliphatic rings. The van der Waals surface area contributed by atoms with Crippen molar-refractivity contribution in [3.8, 4) is 5.69 Å². The third kappa shape index (κ3) is 4.59. The Hall–Kier alpha value is -1.83. The first kappa shape index (κ1) is 17.0. The molecule has 0 unspecified atom stereocenters. The van der Waals surface area contributed by atoms with Crippen molar-refractivity contribution in [1.29, 1.82) is 0 Å². The van der Waals surface area contributed by atoms with Gasteiger partial charge in [-0.25, -0.2) is 0 Å². The SMILES string of the molecule is C[C@@H](O)CN1CCC(CNCc2nnnn2-c2ccccc2)CC1. The number of likely N-dealkylation sites (tertiary alicyclic amines) is 1. The van der Waals surface area contributed by atoms with Gasteiger partial charge in [-0.05, 0) is 67.9 Å². The second-order valence-corrected chi connectivity index (χ2v) is 6.57. The molecule has 0 amide bonds. The van der Waals surface area contributed by atoms with Crippen molar-refractivity contribution in [3.05, 3.63) is 36.2 Å². The molecule has 2 heterocycles. The molecule has 0 bridgehead atoms. The Morgan fingerprint density at radius 3 is 2.71 bits per heavy atom. The molecule has 0 aliphatic carbocycles. The van der Waals surface area contributed by atoms with E-state index in [0.29, 0.717) is 12.5 Å². The maximum Gasteiger partial charge on any atom is 0.170 e. The maximum absolute atomic E-state index is 9.46. The van der Waals surface area contributed by atoms with Crippen LogP contribution >= 0.6 is 0 Å². The summed E-state index contributed by atoms with van der Waals surface area (Å²) in [6, 6.07) is 9.94. The van der Waals surface area contributed by atoms with Crippen LogP contribution in [0.5, 0.6) is 0 Å². The van der Waals surface area contributed by atoms with Gasteiger partial charge in [0.1, 0.15) is 0 Å². The first-order chi connectivity index (χ1) is 11.7. The zero-order valence-electron chi connectivity index (χ0n) is 14.2. The van der Waals surface area contributed by atoms with E-state index in [1.165, 1.54) is 12.8 Å². The molecule has 1 aliphatic heterocycles. The van der Waals surface area contributed by atoms with Gasteiger partial charge in [0.2, 0.25) is 0 Å². The standard InChI is InChI=1S/C17H26N6O/c1-14(24)13-22-9-7-15(8-10-22)11-18-12-17-19-20-21-23(17)16-5-3-2-4-6-16/h2-6,14-15,18,24H,7-13H2,1H3/t14-/m1/s1. The molecule has 0 saturated carbocycles. The summed E-state index contributed by atoms with van der Waals surface area (Å²) >= 11 is 0. The molecule has 7 heteroatoms. The zero-order chi connectivity index (χ0) is 16.8. The maximum atomic E-state index is 9.46. The Labute approximate surface area is 142 Å². The number of aromatic nitrogens is 4. The summed E-state index contributed by atoms with van der Waals surface area (Å²) in [5, 5.41) is 24.9. The lowest BCUT2D eigenvalue weighted by atomic mass is 9.96. The first-order valence-electron chi connectivity index (χ1n) is 8.66. The lowest BCUT2D eigenvalue weighted by Gasteiger charge is -2.32. The predicted octanol–water partition coefficient (Wildman–Crippen LogP) is 0.845. The molecule has 0 radical (unpaired) electrons. The van der Waals surface area contributed by atoms with Gasteiger partial charge in [0.05, 0.1) is 18.3 Å². The van der Waals surface area contributed by atoms with Crippen LogP contribution in [0, 0.1) is 5.92 Å². The molecule has 1 fully saturated rings. The lowest BCUT2D eigenvalue weighted by molar-refractivity contribution is 0.0997. The number of β-amino-alcohol motifs (C(OH)–C–C–N with tert-alkyl or cyclic N) is 1. The molecule has 7 nitrogen and oxygen atoms in total. The third-order valence-electron chi connectivity index (χ3n) is 4.48. The fourth-order valence-corrected chi connectivity index (χ4v) is 3.22. The van der Waals surface area contributed by atoms with Crippen LogP contribution in [0.25, 0.3) is 5.69 Å². The van der Waals surface area contributed by atoms with E-state index in [-0.39, 0.29) is 6.10 Å². The molecular weight excluding hydrogens is 304 g/mol. The van der Waals surface area contributed by atoms with Crippen LogP contribution in [0.15, 0.2) is 30.3 Å². The van der Waals surface area contributed by atoms with Crippen LogP contribution in [-0.2, 0) is 6.54 Å². The van der Waals surface area contributed by atoms with Crippen LogP contribution < -0.4 is 5.32 Å². The summed E-state index contributed by atoms with van der Waals surface area (Å²) in [7, 11) is 0. The Balaban J connectivity index is 1.44. The fraction of sp³-hybridized carbons (Fsp3) is 0.588. The average molecular weight is 330 g/mol. The van der Waals surface area contributed by atoms with E-state index < -0.39 is 0 Å². The zero-order valence-corrected chi connectivity index (χ0v) is 14.2. The summed E-state index contributed by atoms with van der Waals surface area (Å²) < 4.78 is 1.78. The minimum absolute atomic E-state index is 0.239. The number of hydrogen-bond donors (Lipinski definition) is 2. The predicted molar refractivity (Wildman–Crippen MR) is 91.7 cm³/mol. The smallest absolute Gasteiger partial charge is 0.170 e. The quantitative estimate of drug-likeness (QED) is 0.783. The first-order valence-corrected chi connectivity index (χ1v) is 8.66. The molecule has 130 valence electrons. The molecule has 1 saturated heterocycles. The van der Waals surface area contributed by atoms with Gasteiger partial charge in [-0.3, -0.25) is 0 Å². The van der Waals surface area contributed by atoms with Gasteiger partial charge in [-0.15, -0.1) is 5.10 Å². The number of benzene rings is 1. The third-order valence-corrected chi connectivity index (χ3v) is 4.48. The number of nitrogens with zero attached hydrogens (tertiary/aromatic N) is 5. The van der Waals surface area contributed by atoms with Crippen molar-refractivity contribution < 1.29 is 5.11 Å². The fourth-order valence-electron chi connectivity index (χ4n) is 3.22. The van der Waals surface area contributed by atoms with Gasteiger partial charge >= 0.3 is 0 Å². The second-order valence-electron chi connectivity index (χ2n) is 6.57. The summed E-state index contributed by atoms with van der Waals surface area (Å²) in [6.45, 7) is 6.41. The minimum Gasteiger partial charge on any atom is -0.392 e. The molecule has 2 aromatic rings. The van der Waals surface area contributed by atoms with Gasteiger partial charge in [0.15, 0.2) is 5.82 Å². The molecule has 0 spiro atoms. The normalized spacial score (nSPS) is 17.9. The highest BCUT2D eigenvalue weighted by molar-refractivity contribution is 5.30. The van der Waals surface area contributed by atoms with Gasteiger partial charge in [-0.1, -0.05) is 18.2 Å². The molecule has 24 heavy (non-hydrogen) atoms. The molecule has 1 aromatic heterocycles. The lowest BCUT2D eigenvalue weighted by Crippen LogP contribution is -2.40. The number of para-hydroxylation sites is 1. The van der Waals surface area contributed by atoms with Gasteiger partial charge < -0.3 is 15.3 Å². The van der Waals surface area contributed by atoms with E-state index in [9.17, 15) is 5.11 Å². The Bertz CT molecular complexity index is 607. The number of rotatable bonds is 7. The Kier molecular flexibility index (Phi) is 5.90. The van der Waals surface area contributed by atoms with Crippen molar-refractivity contribution in [2.75, 3.05) is 26.2 Å². The summed E-state index contributed by atoms with van der Waals surface area (Å²) in [4.78, 5) is 2.34. The van der Waals surface area contributed by atoms with Crippen LogP contribution in [0.3, 0.4) is 0 Å². The number of aliphatic hydroxyl groups excluding tert-OH is 1. The van der Waals surface area contributed by atoms with Crippen LogP contribution in [0.4, 0.5) is 0 Å². The summed E-state index contributed by atoms with van der Waals surface area (Å²) in [5.41, 5.74) is 0.978. The summed E-state index contributed by atoms with van der Waals surface area (Å²) in [6.07, 6.45) is 2.10. The number of hydrogen-bond acceptors (Lipinski definition) is 6. The van der Waals surface area contributed by atoms with Crippen molar-refractivity contribution in [2.45, 2.75) is 32.4 Å². The highest BCUT2D eigenvalue weighted by Crippen LogP contribution is 2.16. The average Bonchev–Trinajstić information content (AvgIpc) is 3.05. The van der Waals surface area contributed by atoms with Crippen LogP contribution in [0.1, 0.15) is 25.6 Å². The summed E-state index contributed by atoms with van der Waals surface area (Å²) in [5.74, 6) is 1.50. The topological polar surface area (TPSA) is 79.1 Å². The Morgan fingerprint density at radius 1 is 1.25 bits per heavy atom. The van der Waals surface area contributed by atoms with Crippen molar-refractivity contribution in [3.63, 3.8) is 0 Å². The van der Waals surface area contributed by atoms with E-state index in [1.54, 1.807) is 4.68 Å². The van der Waals surface area contributed by atoms with Crippen molar-refractivity contribution in [2.24, 2.45) is 5.92 Å². The molecule has 1 atom stereocenters. The minimum atomic E-state index is -0.239. The molecule has 2 N–H and O–H groups in total. The van der Waals surface area contributed by atoms with Gasteiger partial charge in [0.25, 0.3) is 0 Å². The van der Waals surface area contributed by atoms with E-state index in [2.05, 4.69) is 25.7 Å². The van der Waals surface area contributed by atoms with E-state index >= 15 is 0 Å². The van der Waals surface area contributed by atoms with E-state index in [4.69, 9.17) is 0 Å². The molecular formula is C17H26N6O. The molecule has 1 aromatic carbocycles. The largest absolute Gasteiger partial charge is 0.392 e. The molecule has 3 rings (SSSR count). The van der Waals surface area contributed by atoms with E-state index in [0.717, 1.165) is 37.7 Å². The highest BCUT2D eigenvalue weighted by atomic mass is 16.3. The Morgan fingerprint density at radius 2 is 2.00 bits per heavy atom. The van der Waals surface area contributed by atoms with Crippen LogP contribution in [0.2, 0.25) is 0 Å². The van der Waals surface area contributed by atoms with Crippen molar-refractivity contribution >= 4 is 0 Å². The monoisotopic (exact) mass is 330 g/mol. The number of piperidine rings is 1.